The zero-order valence-electron chi connectivity index (χ0n) is 10.5. The van der Waals surface area contributed by atoms with E-state index in [1.807, 2.05) is 11.8 Å². The van der Waals surface area contributed by atoms with Crippen LogP contribution in [-0.4, -0.2) is 24.2 Å². The van der Waals surface area contributed by atoms with Crippen molar-refractivity contribution in [2.24, 2.45) is 0 Å². The Bertz CT molecular complexity index is 380. The number of alkyl halides is 1. The van der Waals surface area contributed by atoms with Gasteiger partial charge >= 0.3 is 0 Å². The lowest BCUT2D eigenvalue weighted by molar-refractivity contribution is 0.498. The summed E-state index contributed by atoms with van der Waals surface area (Å²) >= 11 is 8.10. The summed E-state index contributed by atoms with van der Waals surface area (Å²) in [4.78, 5) is 1.46. The largest absolute Gasteiger partial charge is 0.314 e. The van der Waals surface area contributed by atoms with E-state index in [0.29, 0.717) is 17.8 Å². The maximum atomic E-state index is 6.14. The summed E-state index contributed by atoms with van der Waals surface area (Å²) in [5.74, 6) is 2.32. The minimum atomic E-state index is 0.410. The number of hydrogen-bond donors (Lipinski definition) is 1. The Kier molecular flexibility index (Phi) is 4.78. The van der Waals surface area contributed by atoms with Crippen LogP contribution in [0, 0.1) is 0 Å². The monoisotopic (exact) mass is 269 g/mol. The van der Waals surface area contributed by atoms with Crippen LogP contribution in [-0.2, 0) is 6.42 Å². The van der Waals surface area contributed by atoms with Crippen LogP contribution >= 0.6 is 23.4 Å². The molecule has 2 unspecified atom stereocenters. The summed E-state index contributed by atoms with van der Waals surface area (Å²) < 4.78 is 0. The van der Waals surface area contributed by atoms with Gasteiger partial charge in [-0.05, 0) is 37.1 Å². The second-order valence-corrected chi connectivity index (χ2v) is 6.02. The van der Waals surface area contributed by atoms with E-state index in [0.717, 1.165) is 6.54 Å². The summed E-state index contributed by atoms with van der Waals surface area (Å²) in [7, 11) is 0. The topological polar surface area (TPSA) is 12.0 Å². The first-order valence-corrected chi connectivity index (χ1v) is 7.83. The van der Waals surface area contributed by atoms with Crippen LogP contribution in [0.1, 0.15) is 30.9 Å². The molecule has 1 nitrogen and oxygen atoms in total. The van der Waals surface area contributed by atoms with E-state index in [1.54, 1.807) is 0 Å². The van der Waals surface area contributed by atoms with Crippen molar-refractivity contribution < 1.29 is 0 Å². The van der Waals surface area contributed by atoms with Gasteiger partial charge in [-0.25, -0.2) is 0 Å². The number of halogens is 1. The highest BCUT2D eigenvalue weighted by atomic mass is 35.5. The highest BCUT2D eigenvalue weighted by Crippen LogP contribution is 2.34. The minimum absolute atomic E-state index is 0.410. The maximum Gasteiger partial charge on any atom is 0.0307 e. The number of rotatable bonds is 5. The molecule has 0 amide bonds. The summed E-state index contributed by atoms with van der Waals surface area (Å²) in [6.45, 7) is 5.36. The summed E-state index contributed by atoms with van der Waals surface area (Å²) in [6, 6.07) is 7.30. The van der Waals surface area contributed by atoms with Crippen molar-refractivity contribution in [1.82, 2.24) is 5.32 Å². The van der Waals surface area contributed by atoms with Crippen molar-refractivity contribution in [3.8, 4) is 0 Å². The Morgan fingerprint density at radius 1 is 1.47 bits per heavy atom. The molecule has 17 heavy (non-hydrogen) atoms. The smallest absolute Gasteiger partial charge is 0.0307 e. The van der Waals surface area contributed by atoms with Crippen LogP contribution in [0.5, 0.6) is 0 Å². The molecule has 0 spiro atoms. The summed E-state index contributed by atoms with van der Waals surface area (Å²) in [5, 5.41) is 3.47. The Balaban J connectivity index is 2.19. The second kappa shape index (κ2) is 6.12. The van der Waals surface area contributed by atoms with E-state index < -0.39 is 0 Å². The molecule has 1 aliphatic rings. The van der Waals surface area contributed by atoms with Gasteiger partial charge in [0.1, 0.15) is 0 Å². The van der Waals surface area contributed by atoms with Crippen LogP contribution in [0.15, 0.2) is 23.1 Å². The van der Waals surface area contributed by atoms with Crippen molar-refractivity contribution in [2.75, 3.05) is 18.2 Å². The van der Waals surface area contributed by atoms with Gasteiger partial charge < -0.3 is 5.32 Å². The summed E-state index contributed by atoms with van der Waals surface area (Å²) in [5.41, 5.74) is 2.89. The fourth-order valence-electron chi connectivity index (χ4n) is 2.41. The van der Waals surface area contributed by atoms with Crippen LogP contribution in [0.3, 0.4) is 0 Å². The number of hydrogen-bond acceptors (Lipinski definition) is 2. The number of thioether (sulfide) groups is 1. The number of fused-ring (bicyclic) bond motifs is 1. The molecule has 1 aliphatic heterocycles. The third kappa shape index (κ3) is 2.98. The Morgan fingerprint density at radius 2 is 2.29 bits per heavy atom. The van der Waals surface area contributed by atoms with Gasteiger partial charge in [-0.1, -0.05) is 19.1 Å². The molecule has 2 rings (SSSR count). The highest BCUT2D eigenvalue weighted by molar-refractivity contribution is 7.99. The molecule has 3 heteroatoms. The second-order valence-electron chi connectivity index (χ2n) is 4.57. The van der Waals surface area contributed by atoms with Gasteiger partial charge in [0, 0.05) is 28.5 Å². The molecule has 0 saturated heterocycles. The first kappa shape index (κ1) is 13.3. The fourth-order valence-corrected chi connectivity index (χ4v) is 3.91. The quantitative estimate of drug-likeness (QED) is 0.819. The third-order valence-corrected chi connectivity index (χ3v) is 4.89. The van der Waals surface area contributed by atoms with Crippen LogP contribution in [0.4, 0.5) is 0 Å². The van der Waals surface area contributed by atoms with Crippen LogP contribution < -0.4 is 5.32 Å². The van der Waals surface area contributed by atoms with Crippen molar-refractivity contribution in [3.05, 3.63) is 29.3 Å². The van der Waals surface area contributed by atoms with E-state index in [9.17, 15) is 0 Å². The zero-order chi connectivity index (χ0) is 12.3. The molecule has 1 aromatic rings. The van der Waals surface area contributed by atoms with Gasteiger partial charge in [-0.3, -0.25) is 0 Å². The van der Waals surface area contributed by atoms with Crippen molar-refractivity contribution >= 4 is 23.4 Å². The Labute approximate surface area is 113 Å². The molecule has 1 heterocycles. The van der Waals surface area contributed by atoms with Gasteiger partial charge in [0.05, 0.1) is 0 Å². The fraction of sp³-hybridized carbons (Fsp3) is 0.571. The number of benzene rings is 1. The Morgan fingerprint density at radius 3 is 3.00 bits per heavy atom. The van der Waals surface area contributed by atoms with Crippen molar-refractivity contribution in [3.63, 3.8) is 0 Å². The van der Waals surface area contributed by atoms with Gasteiger partial charge in [-0.2, -0.15) is 0 Å². The summed E-state index contributed by atoms with van der Waals surface area (Å²) in [6.07, 6.45) is 1.21. The molecule has 0 saturated carbocycles. The Hall–Kier alpha value is -0.180. The number of nitrogens with one attached hydrogen (secondary N) is 1. The first-order chi connectivity index (χ1) is 8.26. The average molecular weight is 270 g/mol. The number of likely N-dealkylation sites (N-methyl/N-ethyl adjacent to an activating group) is 1. The molecule has 0 radical (unpaired) electrons. The van der Waals surface area contributed by atoms with Crippen molar-refractivity contribution in [1.29, 1.82) is 0 Å². The minimum Gasteiger partial charge on any atom is -0.314 e. The van der Waals surface area contributed by atoms with Gasteiger partial charge in [0.2, 0.25) is 0 Å². The van der Waals surface area contributed by atoms with E-state index in [2.05, 4.69) is 37.4 Å². The standard InChI is InChI=1S/C14H20ClNS/c1-3-16-10(2)13(9-15)11-4-5-14-12(8-11)6-7-17-14/h4-5,8,10,13,16H,3,6-7,9H2,1-2H3. The highest BCUT2D eigenvalue weighted by Gasteiger charge is 2.20. The average Bonchev–Trinajstić information content (AvgIpc) is 2.77. The maximum absolute atomic E-state index is 6.14. The molecular weight excluding hydrogens is 250 g/mol. The molecule has 1 aromatic carbocycles. The molecular formula is C14H20ClNS. The molecule has 94 valence electrons. The molecule has 2 atom stereocenters. The lowest BCUT2D eigenvalue weighted by Crippen LogP contribution is -2.32. The van der Waals surface area contributed by atoms with Crippen LogP contribution in [0.2, 0.25) is 0 Å². The van der Waals surface area contributed by atoms with Crippen molar-refractivity contribution in [2.45, 2.75) is 37.1 Å². The number of aryl methyl sites for hydroxylation is 1. The van der Waals surface area contributed by atoms with Crippen LogP contribution in [0.25, 0.3) is 0 Å². The molecule has 0 aliphatic carbocycles. The molecule has 1 N–H and O–H groups in total. The molecule has 0 bridgehead atoms. The molecule has 0 aromatic heterocycles. The lowest BCUT2D eigenvalue weighted by atomic mass is 9.92. The van der Waals surface area contributed by atoms with Gasteiger partial charge in [-0.15, -0.1) is 23.4 Å². The zero-order valence-corrected chi connectivity index (χ0v) is 12.1. The molecule has 0 fully saturated rings. The predicted molar refractivity (Wildman–Crippen MR) is 77.5 cm³/mol. The van der Waals surface area contributed by atoms with E-state index in [-0.39, 0.29) is 0 Å². The predicted octanol–water partition coefficient (Wildman–Crippen LogP) is 3.66. The van der Waals surface area contributed by atoms with E-state index in [4.69, 9.17) is 11.6 Å². The van der Waals surface area contributed by atoms with E-state index in [1.165, 1.54) is 28.2 Å². The lowest BCUT2D eigenvalue weighted by Gasteiger charge is -2.23. The van der Waals surface area contributed by atoms with E-state index >= 15 is 0 Å². The van der Waals surface area contributed by atoms with Gasteiger partial charge in [0.25, 0.3) is 0 Å². The normalized spacial score (nSPS) is 17.8. The first-order valence-electron chi connectivity index (χ1n) is 6.31. The third-order valence-electron chi connectivity index (χ3n) is 3.44. The SMILES string of the molecule is CCNC(C)C(CCl)c1ccc2c(c1)CCS2. The van der Waals surface area contributed by atoms with Gasteiger partial charge in [0.15, 0.2) is 0 Å².